The van der Waals surface area contributed by atoms with Crippen LogP contribution in [0.1, 0.15) is 32.8 Å². The van der Waals surface area contributed by atoms with Gasteiger partial charge in [-0.1, -0.05) is 44.0 Å². The zero-order valence-electron chi connectivity index (χ0n) is 10.9. The van der Waals surface area contributed by atoms with E-state index in [1.54, 1.807) is 0 Å². The number of benzene rings is 1. The Morgan fingerprint density at radius 2 is 2.06 bits per heavy atom. The number of anilines is 1. The number of halogens is 1. The maximum atomic E-state index is 9.39. The van der Waals surface area contributed by atoms with Crippen molar-refractivity contribution in [2.75, 3.05) is 18.0 Å². The normalized spacial score (nSPS) is 12.5. The average Bonchev–Trinajstić information content (AvgIpc) is 2.35. The summed E-state index contributed by atoms with van der Waals surface area (Å²) in [6, 6.07) is 5.70. The van der Waals surface area contributed by atoms with Crippen LogP contribution in [0.3, 0.4) is 0 Å². The van der Waals surface area contributed by atoms with E-state index in [2.05, 4.69) is 25.7 Å². The van der Waals surface area contributed by atoms with Crippen LogP contribution in [0, 0.1) is 5.92 Å². The van der Waals surface area contributed by atoms with Crippen LogP contribution in [-0.2, 0) is 6.61 Å². The molecule has 3 heteroatoms. The van der Waals surface area contributed by atoms with Gasteiger partial charge >= 0.3 is 0 Å². The Labute approximate surface area is 109 Å². The van der Waals surface area contributed by atoms with Gasteiger partial charge in [0.25, 0.3) is 0 Å². The van der Waals surface area contributed by atoms with E-state index in [0.29, 0.717) is 5.92 Å². The predicted octanol–water partition coefficient (Wildman–Crippen LogP) is 3.70. The van der Waals surface area contributed by atoms with Gasteiger partial charge in [0.15, 0.2) is 0 Å². The predicted molar refractivity (Wildman–Crippen MR) is 74.7 cm³/mol. The smallest absolute Gasteiger partial charge is 0.0702 e. The number of nitrogens with zero attached hydrogens (tertiary/aromatic N) is 1. The molecule has 0 saturated heterocycles. The summed E-state index contributed by atoms with van der Waals surface area (Å²) in [5.74, 6) is 0.623. The van der Waals surface area contributed by atoms with E-state index in [1.165, 1.54) is 0 Å². The Balaban J connectivity index is 3.02. The van der Waals surface area contributed by atoms with Crippen LogP contribution in [0.15, 0.2) is 18.2 Å². The van der Waals surface area contributed by atoms with Crippen LogP contribution in [0.5, 0.6) is 0 Å². The first kappa shape index (κ1) is 14.3. The summed E-state index contributed by atoms with van der Waals surface area (Å²) < 4.78 is 0. The Morgan fingerprint density at radius 1 is 1.35 bits per heavy atom. The molecule has 0 aliphatic heterocycles. The number of para-hydroxylation sites is 1. The van der Waals surface area contributed by atoms with Gasteiger partial charge in [-0.3, -0.25) is 0 Å². The van der Waals surface area contributed by atoms with Crippen molar-refractivity contribution in [2.24, 2.45) is 5.92 Å². The number of hydrogen-bond donors (Lipinski definition) is 1. The Kier molecular flexibility index (Phi) is 5.79. The van der Waals surface area contributed by atoms with Crippen molar-refractivity contribution in [3.8, 4) is 0 Å². The molecule has 1 aromatic rings. The summed E-state index contributed by atoms with van der Waals surface area (Å²) in [7, 11) is 0. The number of hydrogen-bond acceptors (Lipinski definition) is 2. The molecule has 0 saturated carbocycles. The highest BCUT2D eigenvalue weighted by Crippen LogP contribution is 2.30. The van der Waals surface area contributed by atoms with Gasteiger partial charge in [0.1, 0.15) is 0 Å². The van der Waals surface area contributed by atoms with Gasteiger partial charge in [-0.15, -0.1) is 0 Å². The van der Waals surface area contributed by atoms with Gasteiger partial charge in [-0.2, -0.15) is 0 Å². The van der Waals surface area contributed by atoms with Crippen LogP contribution in [-0.4, -0.2) is 18.2 Å². The third-order valence-electron chi connectivity index (χ3n) is 3.17. The molecule has 0 aliphatic rings. The van der Waals surface area contributed by atoms with Crippen molar-refractivity contribution in [1.82, 2.24) is 0 Å². The van der Waals surface area contributed by atoms with Crippen LogP contribution < -0.4 is 4.90 Å². The van der Waals surface area contributed by atoms with Gasteiger partial charge in [0.05, 0.1) is 17.3 Å². The molecule has 0 fully saturated rings. The summed E-state index contributed by atoms with van der Waals surface area (Å²) in [6.07, 6.45) is 1.15. The van der Waals surface area contributed by atoms with E-state index in [1.807, 2.05) is 18.2 Å². The third-order valence-corrected chi connectivity index (χ3v) is 3.47. The fourth-order valence-corrected chi connectivity index (χ4v) is 2.24. The Hall–Kier alpha value is -0.730. The van der Waals surface area contributed by atoms with Gasteiger partial charge in [-0.05, 0) is 18.9 Å². The van der Waals surface area contributed by atoms with E-state index >= 15 is 0 Å². The van der Waals surface area contributed by atoms with Crippen molar-refractivity contribution in [3.63, 3.8) is 0 Å². The molecule has 96 valence electrons. The van der Waals surface area contributed by atoms with Gasteiger partial charge in [0, 0.05) is 18.7 Å². The molecular formula is C14H22ClNO. The van der Waals surface area contributed by atoms with E-state index in [9.17, 15) is 5.11 Å². The molecule has 0 amide bonds. The summed E-state index contributed by atoms with van der Waals surface area (Å²) in [6.45, 7) is 8.46. The second-order valence-electron chi connectivity index (χ2n) is 4.46. The molecule has 0 heterocycles. The maximum Gasteiger partial charge on any atom is 0.0702 e. The van der Waals surface area contributed by atoms with Crippen LogP contribution in [0.4, 0.5) is 5.69 Å². The fraction of sp³-hybridized carbons (Fsp3) is 0.571. The summed E-state index contributed by atoms with van der Waals surface area (Å²) >= 11 is 6.26. The zero-order valence-corrected chi connectivity index (χ0v) is 11.7. The van der Waals surface area contributed by atoms with Crippen LogP contribution >= 0.6 is 11.6 Å². The highest BCUT2D eigenvalue weighted by Gasteiger charge is 2.15. The second-order valence-corrected chi connectivity index (χ2v) is 4.86. The topological polar surface area (TPSA) is 23.5 Å². The van der Waals surface area contributed by atoms with Crippen molar-refractivity contribution in [2.45, 2.75) is 33.8 Å². The SMILES string of the molecule is CCC(C)CN(CC)c1c(Cl)cccc1CO. The molecule has 0 spiro atoms. The molecule has 1 unspecified atom stereocenters. The lowest BCUT2D eigenvalue weighted by Crippen LogP contribution is -2.29. The first-order chi connectivity index (χ1) is 8.13. The van der Waals surface area contributed by atoms with Crippen LogP contribution in [0.25, 0.3) is 0 Å². The van der Waals surface area contributed by atoms with Crippen molar-refractivity contribution in [1.29, 1.82) is 0 Å². The minimum atomic E-state index is 0.0346. The largest absolute Gasteiger partial charge is 0.392 e. The zero-order chi connectivity index (χ0) is 12.8. The molecule has 2 nitrogen and oxygen atoms in total. The molecule has 0 aliphatic carbocycles. The molecule has 0 aromatic heterocycles. The lowest BCUT2D eigenvalue weighted by molar-refractivity contribution is 0.282. The minimum Gasteiger partial charge on any atom is -0.392 e. The Bertz CT molecular complexity index is 354. The van der Waals surface area contributed by atoms with Crippen LogP contribution in [0.2, 0.25) is 5.02 Å². The van der Waals surface area contributed by atoms with Crippen molar-refractivity contribution in [3.05, 3.63) is 28.8 Å². The second kappa shape index (κ2) is 6.87. The number of aliphatic hydroxyl groups excluding tert-OH is 1. The third kappa shape index (κ3) is 3.62. The summed E-state index contributed by atoms with van der Waals surface area (Å²) in [4.78, 5) is 2.25. The van der Waals surface area contributed by atoms with E-state index in [4.69, 9.17) is 11.6 Å². The molecule has 1 atom stereocenters. The first-order valence-corrected chi connectivity index (χ1v) is 6.64. The number of rotatable bonds is 6. The van der Waals surface area contributed by atoms with Gasteiger partial charge < -0.3 is 10.0 Å². The Morgan fingerprint density at radius 3 is 2.59 bits per heavy atom. The standard InChI is InChI=1S/C14H22ClNO/c1-4-11(3)9-16(5-2)14-12(10-17)7-6-8-13(14)15/h6-8,11,17H,4-5,9-10H2,1-3H3. The molecular weight excluding hydrogens is 234 g/mol. The van der Waals surface area contributed by atoms with Gasteiger partial charge in [0.2, 0.25) is 0 Å². The molecule has 1 rings (SSSR count). The average molecular weight is 256 g/mol. The molecule has 0 bridgehead atoms. The lowest BCUT2D eigenvalue weighted by atomic mass is 10.1. The highest BCUT2D eigenvalue weighted by molar-refractivity contribution is 6.33. The minimum absolute atomic E-state index is 0.0346. The van der Waals surface area contributed by atoms with E-state index in [0.717, 1.165) is 35.8 Å². The van der Waals surface area contributed by atoms with Crippen molar-refractivity contribution < 1.29 is 5.11 Å². The lowest BCUT2D eigenvalue weighted by Gasteiger charge is -2.29. The molecule has 1 N–H and O–H groups in total. The highest BCUT2D eigenvalue weighted by atomic mass is 35.5. The molecule has 17 heavy (non-hydrogen) atoms. The molecule has 0 radical (unpaired) electrons. The van der Waals surface area contributed by atoms with E-state index < -0.39 is 0 Å². The first-order valence-electron chi connectivity index (χ1n) is 6.27. The fourth-order valence-electron chi connectivity index (χ4n) is 1.93. The summed E-state index contributed by atoms with van der Waals surface area (Å²) in [5.41, 5.74) is 1.89. The maximum absolute atomic E-state index is 9.39. The van der Waals surface area contributed by atoms with Gasteiger partial charge in [-0.25, -0.2) is 0 Å². The van der Waals surface area contributed by atoms with E-state index in [-0.39, 0.29) is 6.61 Å². The van der Waals surface area contributed by atoms with Crippen molar-refractivity contribution >= 4 is 17.3 Å². The monoisotopic (exact) mass is 255 g/mol. The molecule has 1 aromatic carbocycles. The quantitative estimate of drug-likeness (QED) is 0.838. The summed E-state index contributed by atoms with van der Waals surface area (Å²) in [5, 5.41) is 10.1. The number of aliphatic hydroxyl groups is 1.